The SMILES string of the molecule is CCOc1cc(Cl)c(C(N)CCC(N)=O)cc1OCC. The first-order valence-electron chi connectivity index (χ1n) is 6.62. The summed E-state index contributed by atoms with van der Waals surface area (Å²) in [7, 11) is 0. The molecule has 1 amide bonds. The van der Waals surface area contributed by atoms with Crippen molar-refractivity contribution in [3.8, 4) is 11.5 Å². The molecule has 0 fully saturated rings. The lowest BCUT2D eigenvalue weighted by Crippen LogP contribution is -2.17. The number of carbonyl (C=O) groups is 1. The molecule has 5 nitrogen and oxygen atoms in total. The predicted octanol–water partition coefficient (Wildman–Crippen LogP) is 2.40. The summed E-state index contributed by atoms with van der Waals surface area (Å²) in [5.41, 5.74) is 11.9. The van der Waals surface area contributed by atoms with E-state index in [-0.39, 0.29) is 18.4 Å². The molecule has 0 saturated heterocycles. The van der Waals surface area contributed by atoms with Crippen LogP contribution in [-0.2, 0) is 4.79 Å². The fourth-order valence-corrected chi connectivity index (χ4v) is 2.12. The molecule has 6 heteroatoms. The molecule has 20 heavy (non-hydrogen) atoms. The molecule has 0 heterocycles. The number of ether oxygens (including phenoxy) is 2. The Balaban J connectivity index is 3.00. The van der Waals surface area contributed by atoms with Gasteiger partial charge in [0.15, 0.2) is 11.5 Å². The molecule has 0 aliphatic rings. The summed E-state index contributed by atoms with van der Waals surface area (Å²) in [6, 6.07) is 3.09. The highest BCUT2D eigenvalue weighted by molar-refractivity contribution is 6.31. The second-order valence-electron chi connectivity index (χ2n) is 4.30. The zero-order valence-corrected chi connectivity index (χ0v) is 12.6. The molecule has 1 rings (SSSR count). The molecule has 0 spiro atoms. The number of nitrogens with two attached hydrogens (primary N) is 2. The topological polar surface area (TPSA) is 87.6 Å². The van der Waals surface area contributed by atoms with Gasteiger partial charge in [-0.05, 0) is 31.9 Å². The smallest absolute Gasteiger partial charge is 0.217 e. The van der Waals surface area contributed by atoms with Crippen LogP contribution in [0.1, 0.15) is 38.3 Å². The number of primary amides is 1. The first kappa shape index (κ1) is 16.6. The number of rotatable bonds is 8. The van der Waals surface area contributed by atoms with Crippen LogP contribution in [0.25, 0.3) is 0 Å². The third kappa shape index (κ3) is 4.58. The van der Waals surface area contributed by atoms with Gasteiger partial charge in [0.25, 0.3) is 0 Å². The van der Waals surface area contributed by atoms with E-state index in [1.807, 2.05) is 13.8 Å². The Morgan fingerprint density at radius 3 is 2.30 bits per heavy atom. The fourth-order valence-electron chi connectivity index (χ4n) is 1.82. The monoisotopic (exact) mass is 300 g/mol. The van der Waals surface area contributed by atoms with Crippen LogP contribution in [0.5, 0.6) is 11.5 Å². The zero-order chi connectivity index (χ0) is 15.1. The van der Waals surface area contributed by atoms with Crippen molar-refractivity contribution in [2.45, 2.75) is 32.7 Å². The molecule has 4 N–H and O–H groups in total. The summed E-state index contributed by atoms with van der Waals surface area (Å²) < 4.78 is 11.0. The van der Waals surface area contributed by atoms with Gasteiger partial charge >= 0.3 is 0 Å². The van der Waals surface area contributed by atoms with Gasteiger partial charge in [-0.3, -0.25) is 4.79 Å². The molecule has 0 aliphatic carbocycles. The minimum atomic E-state index is -0.382. The summed E-state index contributed by atoms with van der Waals surface area (Å²) in [5.74, 6) is 0.806. The van der Waals surface area contributed by atoms with Crippen molar-refractivity contribution in [2.75, 3.05) is 13.2 Å². The minimum absolute atomic E-state index is 0.217. The van der Waals surface area contributed by atoms with Gasteiger partial charge in [0.05, 0.1) is 13.2 Å². The first-order chi connectivity index (χ1) is 9.49. The lowest BCUT2D eigenvalue weighted by molar-refractivity contribution is -0.118. The standard InChI is InChI=1S/C14H21ClN2O3/c1-3-19-12-7-9(11(16)5-6-14(17)18)10(15)8-13(12)20-4-2/h7-8,11H,3-6,16H2,1-2H3,(H2,17,18). The summed E-state index contributed by atoms with van der Waals surface area (Å²) >= 11 is 6.22. The second-order valence-corrected chi connectivity index (χ2v) is 4.71. The zero-order valence-electron chi connectivity index (χ0n) is 11.8. The van der Waals surface area contributed by atoms with Gasteiger partial charge in [-0.15, -0.1) is 0 Å². The third-order valence-corrected chi connectivity index (χ3v) is 3.09. The Kier molecular flexibility index (Phi) is 6.61. The molecule has 0 aliphatic heterocycles. The van der Waals surface area contributed by atoms with E-state index < -0.39 is 0 Å². The van der Waals surface area contributed by atoms with E-state index in [2.05, 4.69) is 0 Å². The quantitative estimate of drug-likeness (QED) is 0.771. The Hall–Kier alpha value is -1.46. The molecular weight excluding hydrogens is 280 g/mol. The van der Waals surface area contributed by atoms with E-state index in [4.69, 9.17) is 32.5 Å². The molecule has 1 unspecified atom stereocenters. The molecule has 0 bridgehead atoms. The lowest BCUT2D eigenvalue weighted by atomic mass is 10.0. The van der Waals surface area contributed by atoms with Crippen molar-refractivity contribution in [3.63, 3.8) is 0 Å². The van der Waals surface area contributed by atoms with E-state index >= 15 is 0 Å². The average Bonchev–Trinajstić information content (AvgIpc) is 2.39. The number of benzene rings is 1. The van der Waals surface area contributed by atoms with E-state index in [1.54, 1.807) is 12.1 Å². The van der Waals surface area contributed by atoms with Crippen molar-refractivity contribution < 1.29 is 14.3 Å². The van der Waals surface area contributed by atoms with Gasteiger partial charge in [0.1, 0.15) is 0 Å². The van der Waals surface area contributed by atoms with Gasteiger partial charge in [-0.25, -0.2) is 0 Å². The van der Waals surface area contributed by atoms with E-state index in [0.29, 0.717) is 36.2 Å². The van der Waals surface area contributed by atoms with Gasteiger partial charge in [-0.2, -0.15) is 0 Å². The maximum atomic E-state index is 10.8. The maximum absolute atomic E-state index is 10.8. The molecule has 112 valence electrons. The largest absolute Gasteiger partial charge is 0.490 e. The third-order valence-electron chi connectivity index (χ3n) is 2.76. The molecular formula is C14H21ClN2O3. The lowest BCUT2D eigenvalue weighted by Gasteiger charge is -2.17. The molecule has 0 aromatic heterocycles. The highest BCUT2D eigenvalue weighted by atomic mass is 35.5. The Morgan fingerprint density at radius 2 is 1.80 bits per heavy atom. The van der Waals surface area contributed by atoms with Crippen LogP contribution in [-0.4, -0.2) is 19.1 Å². The number of halogens is 1. The molecule has 0 radical (unpaired) electrons. The van der Waals surface area contributed by atoms with Crippen LogP contribution < -0.4 is 20.9 Å². The summed E-state index contributed by atoms with van der Waals surface area (Å²) in [5, 5.41) is 0.494. The van der Waals surface area contributed by atoms with Crippen LogP contribution in [0.15, 0.2) is 12.1 Å². The Labute approximate surface area is 124 Å². The van der Waals surface area contributed by atoms with Crippen LogP contribution in [0.4, 0.5) is 0 Å². The Morgan fingerprint density at radius 1 is 1.25 bits per heavy atom. The van der Waals surface area contributed by atoms with Crippen LogP contribution in [0.2, 0.25) is 5.02 Å². The van der Waals surface area contributed by atoms with Crippen LogP contribution in [0.3, 0.4) is 0 Å². The number of hydrogen-bond acceptors (Lipinski definition) is 4. The molecule has 1 atom stereocenters. The maximum Gasteiger partial charge on any atom is 0.217 e. The minimum Gasteiger partial charge on any atom is -0.490 e. The van der Waals surface area contributed by atoms with Crippen LogP contribution >= 0.6 is 11.6 Å². The number of carbonyl (C=O) groups excluding carboxylic acids is 1. The number of amides is 1. The molecule has 1 aromatic carbocycles. The van der Waals surface area contributed by atoms with Crippen molar-refractivity contribution >= 4 is 17.5 Å². The van der Waals surface area contributed by atoms with Crippen LogP contribution in [0, 0.1) is 0 Å². The fraction of sp³-hybridized carbons (Fsp3) is 0.500. The highest BCUT2D eigenvalue weighted by Gasteiger charge is 2.16. The summed E-state index contributed by atoms with van der Waals surface area (Å²) in [6.45, 7) is 4.80. The van der Waals surface area contributed by atoms with Gasteiger partial charge < -0.3 is 20.9 Å². The summed E-state index contributed by atoms with van der Waals surface area (Å²) in [4.78, 5) is 10.8. The summed E-state index contributed by atoms with van der Waals surface area (Å²) in [6.07, 6.45) is 0.656. The van der Waals surface area contributed by atoms with Gasteiger partial charge in [0.2, 0.25) is 5.91 Å². The molecule has 1 aromatic rings. The Bertz CT molecular complexity index is 466. The highest BCUT2D eigenvalue weighted by Crippen LogP contribution is 2.36. The average molecular weight is 301 g/mol. The van der Waals surface area contributed by atoms with Gasteiger partial charge in [-0.1, -0.05) is 11.6 Å². The normalized spacial score (nSPS) is 12.0. The second kappa shape index (κ2) is 7.97. The van der Waals surface area contributed by atoms with Crippen molar-refractivity contribution in [1.29, 1.82) is 0 Å². The number of hydrogen-bond donors (Lipinski definition) is 2. The van der Waals surface area contributed by atoms with Crippen molar-refractivity contribution in [3.05, 3.63) is 22.7 Å². The molecule has 0 saturated carbocycles. The first-order valence-corrected chi connectivity index (χ1v) is 7.00. The van der Waals surface area contributed by atoms with Gasteiger partial charge in [0, 0.05) is 23.6 Å². The van der Waals surface area contributed by atoms with Crippen molar-refractivity contribution in [2.24, 2.45) is 11.5 Å². The van der Waals surface area contributed by atoms with Crippen molar-refractivity contribution in [1.82, 2.24) is 0 Å². The predicted molar refractivity (Wildman–Crippen MR) is 79.1 cm³/mol. The van der Waals surface area contributed by atoms with E-state index in [0.717, 1.165) is 5.56 Å². The van der Waals surface area contributed by atoms with E-state index in [9.17, 15) is 4.79 Å². The van der Waals surface area contributed by atoms with E-state index in [1.165, 1.54) is 0 Å².